The van der Waals surface area contributed by atoms with Gasteiger partial charge in [-0.3, -0.25) is 14.0 Å². The van der Waals surface area contributed by atoms with Crippen molar-refractivity contribution in [2.45, 2.75) is 0 Å². The highest BCUT2D eigenvalue weighted by Crippen LogP contribution is 2.39. The minimum absolute atomic E-state index is 0.533. The largest absolute Gasteiger partial charge is 0.383 e. The second kappa shape index (κ2) is 6.67. The normalized spacial score (nSPS) is 23.9. The van der Waals surface area contributed by atoms with Crippen LogP contribution in [0.4, 0.5) is 0 Å². The lowest BCUT2D eigenvalue weighted by Crippen LogP contribution is -2.41. The third-order valence-corrected chi connectivity index (χ3v) is 4.23. The van der Waals surface area contributed by atoms with Crippen molar-refractivity contribution in [3.8, 4) is 0 Å². The SMILES string of the molecule is COCCNCCN1CCS(O)(O)CC1. The molecule has 0 aliphatic carbocycles. The number of hydrogen-bond donors (Lipinski definition) is 3. The molecule has 1 heterocycles. The molecule has 0 amide bonds. The molecule has 1 aliphatic heterocycles. The Bertz CT molecular complexity index is 171. The van der Waals surface area contributed by atoms with Gasteiger partial charge in [-0.2, -0.15) is 10.6 Å². The van der Waals surface area contributed by atoms with Crippen molar-refractivity contribution in [3.05, 3.63) is 0 Å². The number of methoxy groups -OCH3 is 1. The van der Waals surface area contributed by atoms with Crippen molar-refractivity contribution in [3.63, 3.8) is 0 Å². The summed E-state index contributed by atoms with van der Waals surface area (Å²) >= 11 is 0. The third kappa shape index (κ3) is 5.70. The second-order valence-electron chi connectivity index (χ2n) is 3.79. The number of nitrogens with zero attached hydrogens (tertiary/aromatic N) is 1. The third-order valence-electron chi connectivity index (χ3n) is 2.56. The van der Waals surface area contributed by atoms with Crippen LogP contribution < -0.4 is 5.32 Å². The Labute approximate surface area is 93.1 Å². The number of ether oxygens (including phenoxy) is 1. The summed E-state index contributed by atoms with van der Waals surface area (Å²) in [7, 11) is -0.545. The van der Waals surface area contributed by atoms with Crippen molar-refractivity contribution in [2.24, 2.45) is 0 Å². The molecule has 0 bridgehead atoms. The molecule has 92 valence electrons. The van der Waals surface area contributed by atoms with Gasteiger partial charge in [0.15, 0.2) is 0 Å². The van der Waals surface area contributed by atoms with Gasteiger partial charge in [0.05, 0.1) is 18.1 Å². The molecule has 0 spiro atoms. The van der Waals surface area contributed by atoms with E-state index >= 15 is 0 Å². The average Bonchev–Trinajstić information content (AvgIpc) is 2.20. The van der Waals surface area contributed by atoms with Crippen molar-refractivity contribution in [1.29, 1.82) is 0 Å². The maximum atomic E-state index is 9.41. The summed E-state index contributed by atoms with van der Waals surface area (Å²) in [6, 6.07) is 0. The van der Waals surface area contributed by atoms with Crippen molar-refractivity contribution in [2.75, 3.05) is 57.9 Å². The van der Waals surface area contributed by atoms with Gasteiger partial charge in [0, 0.05) is 39.8 Å². The molecule has 0 atom stereocenters. The molecule has 1 saturated heterocycles. The van der Waals surface area contributed by atoms with Crippen LogP contribution in [0.25, 0.3) is 0 Å². The highest BCUT2D eigenvalue weighted by molar-refractivity contribution is 8.24. The Hall–Kier alpha value is 0.150. The Morgan fingerprint density at radius 3 is 2.53 bits per heavy atom. The fraction of sp³-hybridized carbons (Fsp3) is 1.00. The summed E-state index contributed by atoms with van der Waals surface area (Å²) in [6.45, 7) is 5.12. The zero-order chi connectivity index (χ0) is 11.1. The van der Waals surface area contributed by atoms with E-state index in [9.17, 15) is 9.11 Å². The molecule has 15 heavy (non-hydrogen) atoms. The molecule has 3 N–H and O–H groups in total. The van der Waals surface area contributed by atoms with Crippen LogP contribution in [0.5, 0.6) is 0 Å². The van der Waals surface area contributed by atoms with Gasteiger partial charge in [0.2, 0.25) is 0 Å². The monoisotopic (exact) mass is 238 g/mol. The summed E-state index contributed by atoms with van der Waals surface area (Å²) in [5.74, 6) is 1.07. The summed E-state index contributed by atoms with van der Waals surface area (Å²) < 4.78 is 23.7. The minimum Gasteiger partial charge on any atom is -0.383 e. The summed E-state index contributed by atoms with van der Waals surface area (Å²) in [5, 5.41) is 3.27. The lowest BCUT2D eigenvalue weighted by molar-refractivity contribution is 0.197. The van der Waals surface area contributed by atoms with Crippen molar-refractivity contribution in [1.82, 2.24) is 10.2 Å². The Balaban J connectivity index is 1.99. The van der Waals surface area contributed by atoms with Crippen LogP contribution >= 0.6 is 10.6 Å². The Kier molecular flexibility index (Phi) is 5.88. The smallest absolute Gasteiger partial charge is 0.0587 e. The first-order valence-electron chi connectivity index (χ1n) is 5.30. The lowest BCUT2D eigenvalue weighted by Gasteiger charge is -2.40. The Morgan fingerprint density at radius 1 is 1.27 bits per heavy atom. The topological polar surface area (TPSA) is 65.0 Å². The van der Waals surface area contributed by atoms with Crippen LogP contribution in [0.2, 0.25) is 0 Å². The molecule has 1 rings (SSSR count). The van der Waals surface area contributed by atoms with Crippen LogP contribution in [-0.2, 0) is 4.74 Å². The minimum atomic E-state index is -2.24. The molecule has 0 aromatic heterocycles. The molecule has 0 unspecified atom stereocenters. The van der Waals surface area contributed by atoms with Crippen molar-refractivity contribution >= 4 is 10.6 Å². The predicted molar refractivity (Wildman–Crippen MR) is 63.8 cm³/mol. The van der Waals surface area contributed by atoms with Crippen LogP contribution in [-0.4, -0.2) is 72.0 Å². The zero-order valence-corrected chi connectivity index (χ0v) is 10.1. The lowest BCUT2D eigenvalue weighted by atomic mass is 10.4. The predicted octanol–water partition coefficient (Wildman–Crippen LogP) is 0.289. The van der Waals surface area contributed by atoms with E-state index in [2.05, 4.69) is 10.2 Å². The van der Waals surface area contributed by atoms with E-state index in [1.54, 1.807) is 7.11 Å². The zero-order valence-electron chi connectivity index (χ0n) is 9.31. The summed E-state index contributed by atoms with van der Waals surface area (Å²) in [4.78, 5) is 2.26. The van der Waals surface area contributed by atoms with Crippen molar-refractivity contribution < 1.29 is 13.8 Å². The van der Waals surface area contributed by atoms with E-state index in [4.69, 9.17) is 4.74 Å². The standard InChI is InChI=1S/C9H22N2O3S/c1-14-7-3-10-2-4-11-5-8-15(12,13)9-6-11/h10,12-13H,2-9H2,1H3. The van der Waals surface area contributed by atoms with E-state index in [0.29, 0.717) is 11.5 Å². The van der Waals surface area contributed by atoms with Crippen LogP contribution in [0.1, 0.15) is 0 Å². The quantitative estimate of drug-likeness (QED) is 0.580. The molecule has 0 radical (unpaired) electrons. The highest BCUT2D eigenvalue weighted by atomic mass is 32.3. The van der Waals surface area contributed by atoms with Crippen LogP contribution in [0, 0.1) is 0 Å². The highest BCUT2D eigenvalue weighted by Gasteiger charge is 2.21. The van der Waals surface area contributed by atoms with Gasteiger partial charge >= 0.3 is 0 Å². The fourth-order valence-electron chi connectivity index (χ4n) is 1.52. The molecular formula is C9H22N2O3S. The first-order chi connectivity index (χ1) is 7.14. The van der Waals surface area contributed by atoms with Gasteiger partial charge in [-0.25, -0.2) is 0 Å². The van der Waals surface area contributed by atoms with Gasteiger partial charge in [0.25, 0.3) is 0 Å². The molecule has 6 heteroatoms. The summed E-state index contributed by atoms with van der Waals surface area (Å²) in [5.41, 5.74) is 0. The van der Waals surface area contributed by atoms with E-state index < -0.39 is 10.6 Å². The Morgan fingerprint density at radius 2 is 1.93 bits per heavy atom. The van der Waals surface area contributed by atoms with Gasteiger partial charge < -0.3 is 10.1 Å². The van der Waals surface area contributed by atoms with Gasteiger partial charge in [-0.05, 0) is 0 Å². The first-order valence-corrected chi connectivity index (χ1v) is 7.18. The van der Waals surface area contributed by atoms with Gasteiger partial charge in [-0.1, -0.05) is 0 Å². The molecule has 5 nitrogen and oxygen atoms in total. The van der Waals surface area contributed by atoms with Gasteiger partial charge in [0.1, 0.15) is 0 Å². The number of rotatable bonds is 6. The van der Waals surface area contributed by atoms with E-state index in [0.717, 1.165) is 39.3 Å². The second-order valence-corrected chi connectivity index (χ2v) is 6.22. The first kappa shape index (κ1) is 13.2. The molecule has 0 aromatic rings. The molecule has 0 aromatic carbocycles. The van der Waals surface area contributed by atoms with E-state index in [1.165, 1.54) is 0 Å². The summed E-state index contributed by atoms with van der Waals surface area (Å²) in [6.07, 6.45) is 0. The molecular weight excluding hydrogens is 216 g/mol. The van der Waals surface area contributed by atoms with Crippen LogP contribution in [0.3, 0.4) is 0 Å². The van der Waals surface area contributed by atoms with E-state index in [-0.39, 0.29) is 0 Å². The molecule has 0 saturated carbocycles. The average molecular weight is 238 g/mol. The van der Waals surface area contributed by atoms with Gasteiger partial charge in [-0.15, -0.1) is 0 Å². The maximum Gasteiger partial charge on any atom is 0.0587 e. The number of nitrogens with one attached hydrogen (secondary N) is 1. The fourth-order valence-corrected chi connectivity index (χ4v) is 2.83. The maximum absolute atomic E-state index is 9.41. The molecule has 1 fully saturated rings. The molecule has 1 aliphatic rings. The number of hydrogen-bond acceptors (Lipinski definition) is 5. The van der Waals surface area contributed by atoms with Crippen LogP contribution in [0.15, 0.2) is 0 Å². The van der Waals surface area contributed by atoms with E-state index in [1.807, 2.05) is 0 Å².